The molecular formula is C27H30Cl2Zr. The molecule has 0 unspecified atom stereocenters. The van der Waals surface area contributed by atoms with E-state index in [2.05, 4.69) is 74.5 Å². The predicted molar refractivity (Wildman–Crippen MR) is 119 cm³/mol. The maximum atomic E-state index is 2.49. The number of fused-ring (bicyclic) bond motifs is 2. The van der Waals surface area contributed by atoms with Gasteiger partial charge in [-0.25, -0.2) is 0 Å². The summed E-state index contributed by atoms with van der Waals surface area (Å²) in [6, 6.07) is 22.8. The smallest absolute Gasteiger partial charge is 1.00 e. The molecule has 0 nitrogen and oxygen atoms in total. The van der Waals surface area contributed by atoms with Crippen LogP contribution < -0.4 is 24.8 Å². The van der Waals surface area contributed by atoms with Crippen molar-refractivity contribution < 1.29 is 51.0 Å². The molecule has 0 saturated carbocycles. The SMILES string of the molecule is CCCCc1c(C[c-]2cc(CCCC)c3ccccc32)[cH-]c2ccccc12.[Cl-].[Cl-].[Zr+4]. The van der Waals surface area contributed by atoms with Crippen LogP contribution in [0.15, 0.2) is 60.7 Å². The number of aryl methyl sites for hydroxylation is 2. The van der Waals surface area contributed by atoms with Crippen molar-refractivity contribution in [1.29, 1.82) is 0 Å². The molecule has 0 aliphatic heterocycles. The number of halogens is 2. The second-order valence-corrected chi connectivity index (χ2v) is 7.86. The topological polar surface area (TPSA) is 0 Å². The maximum absolute atomic E-state index is 2.49. The van der Waals surface area contributed by atoms with Gasteiger partial charge in [-0.3, -0.25) is 0 Å². The molecule has 4 rings (SSSR count). The van der Waals surface area contributed by atoms with Gasteiger partial charge in [-0.2, -0.15) is 11.1 Å². The van der Waals surface area contributed by atoms with Crippen molar-refractivity contribution in [2.75, 3.05) is 0 Å². The van der Waals surface area contributed by atoms with Crippen LogP contribution in [0.2, 0.25) is 0 Å². The average Bonchev–Trinajstić information content (AvgIpc) is 3.23. The van der Waals surface area contributed by atoms with Crippen LogP contribution in [0.25, 0.3) is 21.5 Å². The number of hydrogen-bond donors (Lipinski definition) is 0. The molecule has 30 heavy (non-hydrogen) atoms. The molecule has 4 aromatic carbocycles. The normalized spacial score (nSPS) is 10.5. The summed E-state index contributed by atoms with van der Waals surface area (Å²) < 4.78 is 0. The Kier molecular flexibility index (Phi) is 11.6. The molecule has 4 aromatic rings. The zero-order valence-electron chi connectivity index (χ0n) is 18.0. The number of benzene rings is 2. The van der Waals surface area contributed by atoms with Gasteiger partial charge in [0.2, 0.25) is 0 Å². The first-order valence-electron chi connectivity index (χ1n) is 10.6. The summed E-state index contributed by atoms with van der Waals surface area (Å²) in [6.07, 6.45) is 8.49. The first kappa shape index (κ1) is 27.2. The minimum absolute atomic E-state index is 0. The summed E-state index contributed by atoms with van der Waals surface area (Å²) in [7, 11) is 0. The third-order valence-corrected chi connectivity index (χ3v) is 5.93. The summed E-state index contributed by atoms with van der Waals surface area (Å²) in [4.78, 5) is 0. The van der Waals surface area contributed by atoms with Crippen molar-refractivity contribution in [2.24, 2.45) is 0 Å². The molecule has 0 aliphatic carbocycles. The Morgan fingerprint density at radius 3 is 2.17 bits per heavy atom. The van der Waals surface area contributed by atoms with Crippen LogP contribution in [-0.4, -0.2) is 0 Å². The van der Waals surface area contributed by atoms with Gasteiger partial charge >= 0.3 is 26.2 Å². The zero-order chi connectivity index (χ0) is 18.6. The second-order valence-electron chi connectivity index (χ2n) is 7.86. The summed E-state index contributed by atoms with van der Waals surface area (Å²) in [5.41, 5.74) is 6.15. The third kappa shape index (κ3) is 5.67. The predicted octanol–water partition coefficient (Wildman–Crippen LogP) is 1.71. The largest absolute Gasteiger partial charge is 4.00 e. The Hall–Kier alpha value is -0.877. The van der Waals surface area contributed by atoms with Crippen molar-refractivity contribution in [1.82, 2.24) is 0 Å². The van der Waals surface area contributed by atoms with Gasteiger partial charge in [-0.05, 0) is 0 Å². The molecule has 0 radical (unpaired) electrons. The standard InChI is InChI=1S/C27H30.2ClH.Zr/c1-3-5-11-20-17-23(27-16-10-9-15-24(20)27)19-22-18-21-12-7-8-14-25(21)26(22)13-6-4-2;;;/h7-10,12,14-18H,3-6,11,13,19H2,1-2H3;2*1H;/q-2;;;+4/p-2. The molecule has 0 heterocycles. The fraction of sp³-hybridized carbons (Fsp3) is 0.333. The first-order valence-corrected chi connectivity index (χ1v) is 10.6. The maximum Gasteiger partial charge on any atom is 4.00 e. The van der Waals surface area contributed by atoms with E-state index in [4.69, 9.17) is 0 Å². The van der Waals surface area contributed by atoms with Crippen molar-refractivity contribution in [3.05, 3.63) is 82.9 Å². The number of rotatable bonds is 8. The summed E-state index contributed by atoms with van der Waals surface area (Å²) in [5, 5.41) is 5.78. The molecule has 0 spiro atoms. The van der Waals surface area contributed by atoms with Gasteiger partial charge in [0.15, 0.2) is 0 Å². The Morgan fingerprint density at radius 1 is 0.800 bits per heavy atom. The van der Waals surface area contributed by atoms with E-state index in [1.807, 2.05) is 0 Å². The Bertz CT molecular complexity index is 1040. The molecule has 156 valence electrons. The molecule has 3 heteroatoms. The van der Waals surface area contributed by atoms with Crippen molar-refractivity contribution in [3.63, 3.8) is 0 Å². The van der Waals surface area contributed by atoms with Gasteiger partial charge in [0, 0.05) is 0 Å². The number of unbranched alkanes of at least 4 members (excludes halogenated alkanes) is 2. The van der Waals surface area contributed by atoms with Gasteiger partial charge in [0.1, 0.15) is 0 Å². The average molecular weight is 517 g/mol. The molecule has 0 saturated heterocycles. The van der Waals surface area contributed by atoms with Gasteiger partial charge < -0.3 is 24.8 Å². The zero-order valence-corrected chi connectivity index (χ0v) is 21.9. The Balaban J connectivity index is 0.00000150. The molecule has 0 aliphatic rings. The summed E-state index contributed by atoms with van der Waals surface area (Å²) in [5.74, 6) is 0. The molecule has 0 atom stereocenters. The van der Waals surface area contributed by atoms with Gasteiger partial charge in [-0.15, -0.1) is 81.2 Å². The Morgan fingerprint density at radius 2 is 1.43 bits per heavy atom. The monoisotopic (exact) mass is 514 g/mol. The van der Waals surface area contributed by atoms with Crippen molar-refractivity contribution >= 4 is 21.5 Å². The van der Waals surface area contributed by atoms with Crippen LogP contribution in [0.3, 0.4) is 0 Å². The fourth-order valence-corrected chi connectivity index (χ4v) is 4.49. The number of hydrogen-bond acceptors (Lipinski definition) is 0. The molecule has 0 amide bonds. The van der Waals surface area contributed by atoms with E-state index in [1.54, 1.807) is 5.56 Å². The van der Waals surface area contributed by atoms with Crippen molar-refractivity contribution in [3.8, 4) is 0 Å². The quantitative estimate of drug-likeness (QED) is 0.313. The van der Waals surface area contributed by atoms with Gasteiger partial charge in [0.05, 0.1) is 0 Å². The molecule has 0 fully saturated rings. The van der Waals surface area contributed by atoms with E-state index in [1.165, 1.54) is 76.8 Å². The van der Waals surface area contributed by atoms with Crippen LogP contribution >= 0.6 is 0 Å². The van der Waals surface area contributed by atoms with Gasteiger partial charge in [0.25, 0.3) is 0 Å². The van der Waals surface area contributed by atoms with Crippen LogP contribution in [0.5, 0.6) is 0 Å². The van der Waals surface area contributed by atoms with E-state index in [0.29, 0.717) is 0 Å². The summed E-state index contributed by atoms with van der Waals surface area (Å²) in [6.45, 7) is 4.57. The van der Waals surface area contributed by atoms with Crippen LogP contribution in [0.4, 0.5) is 0 Å². The second kappa shape index (κ2) is 12.9. The minimum atomic E-state index is 0. The van der Waals surface area contributed by atoms with E-state index in [-0.39, 0.29) is 51.0 Å². The molecule has 0 aromatic heterocycles. The van der Waals surface area contributed by atoms with E-state index < -0.39 is 0 Å². The summed E-state index contributed by atoms with van der Waals surface area (Å²) >= 11 is 0. The van der Waals surface area contributed by atoms with E-state index >= 15 is 0 Å². The third-order valence-electron chi connectivity index (χ3n) is 5.93. The fourth-order valence-electron chi connectivity index (χ4n) is 4.49. The minimum Gasteiger partial charge on any atom is -1.00 e. The molecular weight excluding hydrogens is 486 g/mol. The Labute approximate surface area is 213 Å². The van der Waals surface area contributed by atoms with Crippen LogP contribution in [0.1, 0.15) is 61.8 Å². The van der Waals surface area contributed by atoms with Crippen molar-refractivity contribution in [2.45, 2.75) is 58.8 Å². The molecule has 0 bridgehead atoms. The molecule has 0 N–H and O–H groups in total. The van der Waals surface area contributed by atoms with E-state index in [0.717, 1.165) is 6.42 Å². The first-order chi connectivity index (χ1) is 13.3. The van der Waals surface area contributed by atoms with Gasteiger partial charge in [-0.1, -0.05) is 70.9 Å². The van der Waals surface area contributed by atoms with Crippen LogP contribution in [-0.2, 0) is 45.5 Å². The van der Waals surface area contributed by atoms with E-state index in [9.17, 15) is 0 Å². The van der Waals surface area contributed by atoms with Crippen LogP contribution in [0, 0.1) is 0 Å².